The fourth-order valence-electron chi connectivity index (χ4n) is 1.51. The van der Waals surface area contributed by atoms with E-state index >= 15 is 0 Å². The Kier molecular flexibility index (Phi) is 5.71. The number of nitrogens with zero attached hydrogens (tertiary/aromatic N) is 1. The highest BCUT2D eigenvalue weighted by atomic mass is 35.5. The van der Waals surface area contributed by atoms with Gasteiger partial charge in [0, 0.05) is 32.7 Å². The van der Waals surface area contributed by atoms with Crippen molar-refractivity contribution in [3.8, 4) is 0 Å². The third-order valence-electron chi connectivity index (χ3n) is 2.56. The molecule has 7 heteroatoms. The molecule has 0 fully saturated rings. The molecule has 1 rings (SSSR count). The molecule has 0 saturated heterocycles. The first-order valence-corrected chi connectivity index (χ1v) is 7.21. The van der Waals surface area contributed by atoms with Gasteiger partial charge in [0.25, 0.3) is 5.69 Å². The molecule has 0 aliphatic heterocycles. The van der Waals surface area contributed by atoms with Crippen molar-refractivity contribution in [2.75, 3.05) is 6.54 Å². The molecule has 1 aromatic rings. The van der Waals surface area contributed by atoms with Crippen molar-refractivity contribution in [2.24, 2.45) is 5.73 Å². The van der Waals surface area contributed by atoms with Crippen molar-refractivity contribution >= 4 is 28.1 Å². The summed E-state index contributed by atoms with van der Waals surface area (Å²) in [6, 6.07) is 4.28. The van der Waals surface area contributed by atoms with E-state index < -0.39 is 15.7 Å². The van der Waals surface area contributed by atoms with E-state index in [0.29, 0.717) is 23.6 Å². The summed E-state index contributed by atoms with van der Waals surface area (Å²) in [5, 5.41) is 11.2. The smallest absolute Gasteiger partial charge is 0.273 e. The van der Waals surface area contributed by atoms with Crippen LogP contribution in [0.15, 0.2) is 18.2 Å². The molecule has 2 atom stereocenters. The van der Waals surface area contributed by atoms with Gasteiger partial charge in [-0.05, 0) is 25.1 Å². The summed E-state index contributed by atoms with van der Waals surface area (Å²) in [6.45, 7) is 2.27. The maximum absolute atomic E-state index is 12.0. The molecule has 100 valence electrons. The predicted molar refractivity (Wildman–Crippen MR) is 73.1 cm³/mol. The van der Waals surface area contributed by atoms with E-state index in [2.05, 4.69) is 0 Å². The lowest BCUT2D eigenvalue weighted by Gasteiger charge is -2.10. The van der Waals surface area contributed by atoms with E-state index in [1.807, 2.05) is 6.92 Å². The molecular weight excluding hydrogens is 276 g/mol. The number of halogens is 1. The Labute approximate surface area is 113 Å². The summed E-state index contributed by atoms with van der Waals surface area (Å²) in [4.78, 5) is 10.4. The summed E-state index contributed by atoms with van der Waals surface area (Å²) < 4.78 is 12.0. The Balaban J connectivity index is 2.92. The van der Waals surface area contributed by atoms with Crippen LogP contribution in [-0.2, 0) is 16.6 Å². The second-order valence-electron chi connectivity index (χ2n) is 3.94. The number of benzene rings is 1. The summed E-state index contributed by atoms with van der Waals surface area (Å²) in [6.07, 6.45) is 0.626. The van der Waals surface area contributed by atoms with Crippen LogP contribution < -0.4 is 5.73 Å². The lowest BCUT2D eigenvalue weighted by molar-refractivity contribution is -0.385. The first-order valence-electron chi connectivity index (χ1n) is 5.45. The summed E-state index contributed by atoms with van der Waals surface area (Å²) in [5.41, 5.74) is 5.75. The van der Waals surface area contributed by atoms with Crippen LogP contribution in [0, 0.1) is 10.1 Å². The first-order chi connectivity index (χ1) is 8.45. The fraction of sp³-hybridized carbons (Fsp3) is 0.455. The number of rotatable bonds is 6. The molecule has 5 nitrogen and oxygen atoms in total. The van der Waals surface area contributed by atoms with Crippen LogP contribution in [0.5, 0.6) is 0 Å². The van der Waals surface area contributed by atoms with Crippen LogP contribution in [0.3, 0.4) is 0 Å². The van der Waals surface area contributed by atoms with Crippen LogP contribution in [0.25, 0.3) is 0 Å². The van der Waals surface area contributed by atoms with Gasteiger partial charge in [0.2, 0.25) is 0 Å². The second kappa shape index (κ2) is 6.82. The number of nitrogens with two attached hydrogens (primary N) is 1. The second-order valence-corrected chi connectivity index (χ2v) is 6.23. The van der Waals surface area contributed by atoms with Crippen molar-refractivity contribution in [3.05, 3.63) is 38.9 Å². The molecule has 0 aliphatic rings. The molecule has 2 unspecified atom stereocenters. The minimum Gasteiger partial charge on any atom is -0.330 e. The minimum absolute atomic E-state index is 0.0484. The van der Waals surface area contributed by atoms with Crippen LogP contribution in [-0.4, -0.2) is 20.9 Å². The number of nitro groups is 1. The zero-order valence-corrected chi connectivity index (χ0v) is 11.5. The lowest BCUT2D eigenvalue weighted by atomic mass is 10.2. The first kappa shape index (κ1) is 15.1. The topological polar surface area (TPSA) is 86.2 Å². The van der Waals surface area contributed by atoms with Crippen LogP contribution in [0.4, 0.5) is 5.69 Å². The molecule has 0 heterocycles. The van der Waals surface area contributed by atoms with Gasteiger partial charge in [-0.3, -0.25) is 14.3 Å². The largest absolute Gasteiger partial charge is 0.330 e. The van der Waals surface area contributed by atoms with Crippen LogP contribution >= 0.6 is 11.6 Å². The molecule has 0 spiro atoms. The zero-order chi connectivity index (χ0) is 13.7. The van der Waals surface area contributed by atoms with E-state index in [1.54, 1.807) is 0 Å². The van der Waals surface area contributed by atoms with Crippen LogP contribution in [0.1, 0.15) is 18.9 Å². The summed E-state index contributed by atoms with van der Waals surface area (Å²) in [7, 11) is -1.19. The fourth-order valence-corrected chi connectivity index (χ4v) is 2.93. The molecule has 1 aromatic carbocycles. The average Bonchev–Trinajstić information content (AvgIpc) is 2.28. The molecule has 0 radical (unpaired) electrons. The molecule has 18 heavy (non-hydrogen) atoms. The number of hydrogen-bond acceptors (Lipinski definition) is 4. The summed E-state index contributed by atoms with van der Waals surface area (Å²) >= 11 is 5.80. The van der Waals surface area contributed by atoms with Gasteiger partial charge >= 0.3 is 0 Å². The molecule has 0 amide bonds. The van der Waals surface area contributed by atoms with E-state index in [1.165, 1.54) is 18.2 Å². The van der Waals surface area contributed by atoms with Gasteiger partial charge in [0.15, 0.2) is 0 Å². The van der Waals surface area contributed by atoms with E-state index in [0.717, 1.165) is 0 Å². The molecule has 0 bridgehead atoms. The van der Waals surface area contributed by atoms with Gasteiger partial charge in [0.05, 0.1) is 10.7 Å². The van der Waals surface area contributed by atoms with Crippen molar-refractivity contribution in [1.29, 1.82) is 0 Å². The van der Waals surface area contributed by atoms with Gasteiger partial charge in [0.1, 0.15) is 0 Å². The Morgan fingerprint density at radius 1 is 1.56 bits per heavy atom. The number of hydrogen-bond donors (Lipinski definition) is 1. The van der Waals surface area contributed by atoms with Crippen molar-refractivity contribution in [1.82, 2.24) is 0 Å². The quantitative estimate of drug-likeness (QED) is 0.643. The molecule has 2 N–H and O–H groups in total. The normalized spacial score (nSPS) is 14.2. The standard InChI is InChI=1S/C11H15ClN2O3S/c1-8(4-5-13)18(17)7-9-6-10(12)2-3-11(9)14(15)16/h2-3,6,8H,4-5,7,13H2,1H3. The molecular formula is C11H15ClN2O3S. The number of nitro benzene ring substituents is 1. The van der Waals surface area contributed by atoms with E-state index in [-0.39, 0.29) is 16.7 Å². The molecule has 0 aliphatic carbocycles. The van der Waals surface area contributed by atoms with Crippen molar-refractivity contribution in [2.45, 2.75) is 24.3 Å². The third-order valence-corrected chi connectivity index (χ3v) is 4.52. The van der Waals surface area contributed by atoms with Crippen LogP contribution in [0.2, 0.25) is 5.02 Å². The zero-order valence-electron chi connectivity index (χ0n) is 9.97. The average molecular weight is 291 g/mol. The van der Waals surface area contributed by atoms with E-state index in [9.17, 15) is 14.3 Å². The maximum atomic E-state index is 12.0. The minimum atomic E-state index is -1.19. The highest BCUT2D eigenvalue weighted by Crippen LogP contribution is 2.24. The van der Waals surface area contributed by atoms with Gasteiger partial charge in [-0.2, -0.15) is 0 Å². The highest BCUT2D eigenvalue weighted by molar-refractivity contribution is 7.84. The summed E-state index contributed by atoms with van der Waals surface area (Å²) in [5.74, 6) is 0.123. The highest BCUT2D eigenvalue weighted by Gasteiger charge is 2.18. The molecule has 0 aromatic heterocycles. The third kappa shape index (κ3) is 4.04. The Bertz CT molecular complexity index is 468. The Hall–Kier alpha value is -0.980. The SMILES string of the molecule is CC(CCN)S(=O)Cc1cc(Cl)ccc1[N+](=O)[O-]. The van der Waals surface area contributed by atoms with Gasteiger partial charge in [-0.1, -0.05) is 18.5 Å². The Morgan fingerprint density at radius 3 is 2.78 bits per heavy atom. The lowest BCUT2D eigenvalue weighted by Crippen LogP contribution is -2.17. The van der Waals surface area contributed by atoms with Gasteiger partial charge < -0.3 is 5.73 Å². The van der Waals surface area contributed by atoms with Gasteiger partial charge in [-0.15, -0.1) is 0 Å². The predicted octanol–water partition coefficient (Wildman–Crippen LogP) is 2.23. The van der Waals surface area contributed by atoms with Gasteiger partial charge in [-0.25, -0.2) is 0 Å². The maximum Gasteiger partial charge on any atom is 0.273 e. The van der Waals surface area contributed by atoms with E-state index in [4.69, 9.17) is 17.3 Å². The molecule has 0 saturated carbocycles. The van der Waals surface area contributed by atoms with Crippen molar-refractivity contribution in [3.63, 3.8) is 0 Å². The van der Waals surface area contributed by atoms with Crippen molar-refractivity contribution < 1.29 is 9.13 Å². The Morgan fingerprint density at radius 2 is 2.22 bits per heavy atom. The monoisotopic (exact) mass is 290 g/mol.